The minimum absolute atomic E-state index is 0.458. The van der Waals surface area contributed by atoms with E-state index < -0.39 is 0 Å². The predicted molar refractivity (Wildman–Crippen MR) is 87.0 cm³/mol. The van der Waals surface area contributed by atoms with Crippen LogP contribution in [0.5, 0.6) is 0 Å². The lowest BCUT2D eigenvalue weighted by Gasteiger charge is -2.26. The van der Waals surface area contributed by atoms with Crippen molar-refractivity contribution in [1.82, 2.24) is 9.97 Å². The third kappa shape index (κ3) is 2.92. The van der Waals surface area contributed by atoms with Crippen LogP contribution in [0.2, 0.25) is 0 Å². The van der Waals surface area contributed by atoms with E-state index in [0.717, 1.165) is 28.6 Å². The molecule has 3 heteroatoms. The number of benzene rings is 1. The Morgan fingerprint density at radius 3 is 2.57 bits per heavy atom. The summed E-state index contributed by atoms with van der Waals surface area (Å²) in [6.07, 6.45) is 4.95. The van der Waals surface area contributed by atoms with Crippen molar-refractivity contribution in [3.05, 3.63) is 41.7 Å². The molecule has 0 aliphatic heterocycles. The molecule has 1 saturated carbocycles. The molecular weight excluding hydrogens is 258 g/mol. The van der Waals surface area contributed by atoms with E-state index in [1.54, 1.807) is 0 Å². The van der Waals surface area contributed by atoms with Gasteiger partial charge in [0.2, 0.25) is 0 Å². The zero-order valence-electron chi connectivity index (χ0n) is 12.8. The molecule has 1 aromatic heterocycles. The highest BCUT2D eigenvalue weighted by Gasteiger charge is 2.24. The van der Waals surface area contributed by atoms with Crippen LogP contribution in [0.15, 0.2) is 30.3 Å². The van der Waals surface area contributed by atoms with E-state index >= 15 is 0 Å². The Morgan fingerprint density at radius 1 is 1.10 bits per heavy atom. The lowest BCUT2D eigenvalue weighted by Crippen LogP contribution is -2.16. The fourth-order valence-electron chi connectivity index (χ4n) is 3.28. The maximum Gasteiger partial charge on any atom is 0.134 e. The fraction of sp³-hybridized carbons (Fsp3) is 0.444. The second-order valence-electron chi connectivity index (χ2n) is 6.28. The van der Waals surface area contributed by atoms with Crippen molar-refractivity contribution in [1.29, 1.82) is 0 Å². The van der Waals surface area contributed by atoms with Crippen LogP contribution in [0.4, 0.5) is 5.82 Å². The Hall–Kier alpha value is -1.90. The molecule has 3 nitrogen and oxygen atoms in total. The first-order valence-electron chi connectivity index (χ1n) is 7.84. The molecule has 2 atom stereocenters. The van der Waals surface area contributed by atoms with Crippen LogP contribution in [0.3, 0.4) is 0 Å². The van der Waals surface area contributed by atoms with Crippen LogP contribution in [-0.4, -0.2) is 9.97 Å². The molecule has 1 aromatic carbocycles. The van der Waals surface area contributed by atoms with Gasteiger partial charge < -0.3 is 5.73 Å². The number of nitrogen functional groups attached to an aromatic ring is 1. The molecule has 0 spiro atoms. The molecule has 1 aliphatic carbocycles. The summed E-state index contributed by atoms with van der Waals surface area (Å²) >= 11 is 0. The van der Waals surface area contributed by atoms with E-state index in [0.29, 0.717) is 11.7 Å². The van der Waals surface area contributed by atoms with Gasteiger partial charge >= 0.3 is 0 Å². The van der Waals surface area contributed by atoms with Gasteiger partial charge in [0, 0.05) is 17.0 Å². The van der Waals surface area contributed by atoms with Gasteiger partial charge in [0.15, 0.2) is 0 Å². The largest absolute Gasteiger partial charge is 0.383 e. The van der Waals surface area contributed by atoms with Gasteiger partial charge in [-0.2, -0.15) is 0 Å². The summed E-state index contributed by atoms with van der Waals surface area (Å²) in [5.74, 6) is 2.77. The van der Waals surface area contributed by atoms with E-state index in [2.05, 4.69) is 24.0 Å². The first-order chi connectivity index (χ1) is 10.1. The van der Waals surface area contributed by atoms with Crippen LogP contribution < -0.4 is 5.73 Å². The van der Waals surface area contributed by atoms with Crippen LogP contribution in [0.25, 0.3) is 11.3 Å². The summed E-state index contributed by atoms with van der Waals surface area (Å²) in [6.45, 7) is 4.33. The summed E-state index contributed by atoms with van der Waals surface area (Å²) in [7, 11) is 0. The highest BCUT2D eigenvalue weighted by Crippen LogP contribution is 2.36. The molecule has 0 amide bonds. The van der Waals surface area contributed by atoms with E-state index in [1.165, 1.54) is 25.7 Å². The molecule has 3 rings (SSSR count). The van der Waals surface area contributed by atoms with Crippen LogP contribution in [0.1, 0.15) is 49.9 Å². The van der Waals surface area contributed by atoms with Gasteiger partial charge in [0.05, 0.1) is 5.69 Å². The number of nitrogens with zero attached hydrogens (tertiary/aromatic N) is 2. The minimum atomic E-state index is 0.458. The first kappa shape index (κ1) is 14.1. The number of nitrogens with two attached hydrogens (primary N) is 1. The number of hydrogen-bond donors (Lipinski definition) is 1. The minimum Gasteiger partial charge on any atom is -0.383 e. The van der Waals surface area contributed by atoms with Crippen molar-refractivity contribution >= 4 is 5.82 Å². The highest BCUT2D eigenvalue weighted by molar-refractivity contribution is 5.67. The van der Waals surface area contributed by atoms with Gasteiger partial charge in [0.1, 0.15) is 11.6 Å². The normalized spacial score (nSPS) is 22.2. The number of aromatic nitrogens is 2. The molecule has 2 N–H and O–H groups in total. The van der Waals surface area contributed by atoms with Crippen molar-refractivity contribution < 1.29 is 0 Å². The SMILES string of the molecule is Cc1c(N)nc(C2CCCC(C)C2)nc1-c1ccccc1. The molecule has 1 fully saturated rings. The summed E-state index contributed by atoms with van der Waals surface area (Å²) in [6, 6.07) is 10.3. The maximum atomic E-state index is 6.15. The Morgan fingerprint density at radius 2 is 1.86 bits per heavy atom. The van der Waals surface area contributed by atoms with Crippen molar-refractivity contribution in [3.8, 4) is 11.3 Å². The third-order valence-electron chi connectivity index (χ3n) is 4.55. The van der Waals surface area contributed by atoms with Crippen LogP contribution in [0, 0.1) is 12.8 Å². The van der Waals surface area contributed by atoms with Gasteiger partial charge in [-0.25, -0.2) is 9.97 Å². The third-order valence-corrected chi connectivity index (χ3v) is 4.55. The maximum absolute atomic E-state index is 6.15. The zero-order valence-corrected chi connectivity index (χ0v) is 12.8. The fourth-order valence-corrected chi connectivity index (χ4v) is 3.28. The highest BCUT2D eigenvalue weighted by atomic mass is 15.0. The number of anilines is 1. The zero-order chi connectivity index (χ0) is 14.8. The monoisotopic (exact) mass is 281 g/mol. The molecule has 0 radical (unpaired) electrons. The Labute approximate surface area is 126 Å². The van der Waals surface area contributed by atoms with E-state index in [9.17, 15) is 0 Å². The smallest absolute Gasteiger partial charge is 0.134 e. The Kier molecular flexibility index (Phi) is 3.91. The van der Waals surface area contributed by atoms with E-state index in [1.807, 2.05) is 25.1 Å². The van der Waals surface area contributed by atoms with Crippen molar-refractivity contribution in [2.75, 3.05) is 5.73 Å². The summed E-state index contributed by atoms with van der Waals surface area (Å²) in [4.78, 5) is 9.45. The van der Waals surface area contributed by atoms with Crippen LogP contribution in [-0.2, 0) is 0 Å². The van der Waals surface area contributed by atoms with Crippen molar-refractivity contribution in [3.63, 3.8) is 0 Å². The van der Waals surface area contributed by atoms with Gasteiger partial charge in [-0.15, -0.1) is 0 Å². The van der Waals surface area contributed by atoms with Gasteiger partial charge in [-0.1, -0.05) is 50.1 Å². The summed E-state index contributed by atoms with van der Waals surface area (Å²) in [5, 5.41) is 0. The van der Waals surface area contributed by atoms with Crippen molar-refractivity contribution in [2.24, 2.45) is 5.92 Å². The molecule has 110 valence electrons. The van der Waals surface area contributed by atoms with E-state index in [-0.39, 0.29) is 0 Å². The molecule has 0 bridgehead atoms. The molecule has 0 saturated heterocycles. The summed E-state index contributed by atoms with van der Waals surface area (Å²) < 4.78 is 0. The second kappa shape index (κ2) is 5.84. The molecule has 1 aliphatic rings. The predicted octanol–water partition coefficient (Wildman–Crippen LogP) is 4.33. The average molecular weight is 281 g/mol. The lowest BCUT2D eigenvalue weighted by molar-refractivity contribution is 0.335. The number of rotatable bonds is 2. The summed E-state index contributed by atoms with van der Waals surface area (Å²) in [5.41, 5.74) is 9.23. The van der Waals surface area contributed by atoms with Gasteiger partial charge in [-0.05, 0) is 25.7 Å². The second-order valence-corrected chi connectivity index (χ2v) is 6.28. The topological polar surface area (TPSA) is 51.8 Å². The first-order valence-corrected chi connectivity index (χ1v) is 7.84. The quantitative estimate of drug-likeness (QED) is 0.891. The van der Waals surface area contributed by atoms with Crippen molar-refractivity contribution in [2.45, 2.75) is 45.4 Å². The van der Waals surface area contributed by atoms with Gasteiger partial charge in [0.25, 0.3) is 0 Å². The number of hydrogen-bond acceptors (Lipinski definition) is 3. The lowest BCUT2D eigenvalue weighted by atomic mass is 9.82. The Balaban J connectivity index is 2.01. The molecule has 1 heterocycles. The van der Waals surface area contributed by atoms with E-state index in [4.69, 9.17) is 10.7 Å². The standard InChI is InChI=1S/C18H23N3/c1-12-7-6-10-15(11-12)18-20-16(13(2)17(19)21-18)14-8-4-3-5-9-14/h3-5,8-9,12,15H,6-7,10-11H2,1-2H3,(H2,19,20,21). The molecule has 21 heavy (non-hydrogen) atoms. The van der Waals surface area contributed by atoms with Gasteiger partial charge in [-0.3, -0.25) is 0 Å². The molecule has 2 aromatic rings. The Bertz CT molecular complexity index is 622. The molecular formula is C18H23N3. The van der Waals surface area contributed by atoms with Crippen LogP contribution >= 0.6 is 0 Å². The average Bonchev–Trinajstić information content (AvgIpc) is 2.51. The molecule has 2 unspecified atom stereocenters.